The third kappa shape index (κ3) is 3.82. The van der Waals surface area contributed by atoms with Crippen LogP contribution in [0.2, 0.25) is 10.0 Å². The molecule has 0 saturated heterocycles. The fraction of sp³-hybridized carbons (Fsp3) is 0.167. The molecule has 0 saturated carbocycles. The van der Waals surface area contributed by atoms with E-state index < -0.39 is 17.6 Å². The van der Waals surface area contributed by atoms with E-state index in [4.69, 9.17) is 23.2 Å². The molecule has 0 aliphatic carbocycles. The topological polar surface area (TPSA) is 43.4 Å². The quantitative estimate of drug-likeness (QED) is 0.361. The van der Waals surface area contributed by atoms with Gasteiger partial charge in [0.15, 0.2) is 5.78 Å². The van der Waals surface area contributed by atoms with Gasteiger partial charge in [-0.05, 0) is 12.1 Å². The molecule has 6 heteroatoms. The van der Waals surface area contributed by atoms with Crippen LogP contribution >= 0.6 is 23.2 Å². The van der Waals surface area contributed by atoms with Crippen molar-refractivity contribution in [2.45, 2.75) is 6.42 Å². The highest BCUT2D eigenvalue weighted by atomic mass is 35.5. The number of hydrogen-bond acceptors (Lipinski definition) is 3. The van der Waals surface area contributed by atoms with Crippen LogP contribution in [0.25, 0.3) is 0 Å². The Labute approximate surface area is 113 Å². The minimum Gasteiger partial charge on any atom is -0.462 e. The molecule has 1 aromatic carbocycles. The predicted octanol–water partition coefficient (Wildman–Crippen LogP) is 3.43. The van der Waals surface area contributed by atoms with Crippen molar-refractivity contribution in [2.75, 3.05) is 6.61 Å². The van der Waals surface area contributed by atoms with E-state index in [9.17, 15) is 14.0 Å². The molecule has 1 rings (SSSR count). The maximum atomic E-state index is 13.2. The van der Waals surface area contributed by atoms with Crippen molar-refractivity contribution in [3.05, 3.63) is 46.2 Å². The number of esters is 1. The first-order chi connectivity index (χ1) is 8.45. The van der Waals surface area contributed by atoms with E-state index in [-0.39, 0.29) is 28.6 Å². The Morgan fingerprint density at radius 1 is 1.33 bits per heavy atom. The maximum Gasteiger partial charge on any atom is 0.330 e. The van der Waals surface area contributed by atoms with Gasteiger partial charge in [-0.1, -0.05) is 29.8 Å². The van der Waals surface area contributed by atoms with E-state index in [1.165, 1.54) is 0 Å². The Balaban J connectivity index is 2.70. The molecular weight excluding hydrogens is 282 g/mol. The second-order valence-corrected chi connectivity index (χ2v) is 4.11. The first kappa shape index (κ1) is 14.7. The summed E-state index contributed by atoms with van der Waals surface area (Å²) in [6.45, 7) is 3.09. The van der Waals surface area contributed by atoms with Gasteiger partial charge >= 0.3 is 5.97 Å². The number of Topliss-reactive ketones (excluding diaryl/α,β-unsaturated/α-hetero) is 1. The second kappa shape index (κ2) is 6.52. The fourth-order valence-electron chi connectivity index (χ4n) is 1.17. The minimum atomic E-state index is -0.729. The van der Waals surface area contributed by atoms with Gasteiger partial charge in [0.2, 0.25) is 0 Å². The first-order valence-corrected chi connectivity index (χ1v) is 5.68. The summed E-state index contributed by atoms with van der Waals surface area (Å²) in [4.78, 5) is 22.4. The van der Waals surface area contributed by atoms with Crippen LogP contribution in [0.15, 0.2) is 24.8 Å². The number of hydrogen-bond donors (Lipinski definition) is 0. The zero-order valence-corrected chi connectivity index (χ0v) is 10.7. The average molecular weight is 291 g/mol. The molecule has 0 aromatic heterocycles. The van der Waals surface area contributed by atoms with Gasteiger partial charge in [0, 0.05) is 18.1 Å². The summed E-state index contributed by atoms with van der Waals surface area (Å²) in [7, 11) is 0. The van der Waals surface area contributed by atoms with E-state index in [0.29, 0.717) is 0 Å². The molecule has 0 atom stereocenters. The molecule has 18 heavy (non-hydrogen) atoms. The summed E-state index contributed by atoms with van der Waals surface area (Å²) >= 11 is 11.3. The van der Waals surface area contributed by atoms with Crippen LogP contribution in [0, 0.1) is 5.82 Å². The van der Waals surface area contributed by atoms with Crippen molar-refractivity contribution in [2.24, 2.45) is 0 Å². The molecule has 0 heterocycles. The third-order valence-corrected chi connectivity index (χ3v) is 2.65. The standard InChI is InChI=1S/C12H9Cl2FO3/c1-2-12(17)18-4-3-11(16)7-5-10(15)9(14)6-8(7)13/h2,5-6H,1,3-4H2. The molecule has 0 radical (unpaired) electrons. The Morgan fingerprint density at radius 3 is 2.61 bits per heavy atom. The molecular formula is C12H9Cl2FO3. The van der Waals surface area contributed by atoms with Gasteiger partial charge in [-0.2, -0.15) is 0 Å². The number of ketones is 1. The lowest BCUT2D eigenvalue weighted by Gasteiger charge is -2.05. The van der Waals surface area contributed by atoms with Gasteiger partial charge in [0.25, 0.3) is 0 Å². The van der Waals surface area contributed by atoms with E-state index in [0.717, 1.165) is 18.2 Å². The summed E-state index contributed by atoms with van der Waals surface area (Å²) in [5.41, 5.74) is 0.00761. The normalized spacial score (nSPS) is 9.94. The van der Waals surface area contributed by atoms with Crippen LogP contribution in [-0.4, -0.2) is 18.4 Å². The van der Waals surface area contributed by atoms with Gasteiger partial charge in [-0.3, -0.25) is 4.79 Å². The molecule has 0 N–H and O–H groups in total. The van der Waals surface area contributed by atoms with Gasteiger partial charge in [-0.25, -0.2) is 9.18 Å². The summed E-state index contributed by atoms with van der Waals surface area (Å²) in [5.74, 6) is -1.80. The van der Waals surface area contributed by atoms with Gasteiger partial charge in [0.05, 0.1) is 16.7 Å². The second-order valence-electron chi connectivity index (χ2n) is 3.29. The van der Waals surface area contributed by atoms with Crippen molar-refractivity contribution in [3.63, 3.8) is 0 Å². The molecule has 96 valence electrons. The zero-order chi connectivity index (χ0) is 13.7. The van der Waals surface area contributed by atoms with Crippen LogP contribution in [0.1, 0.15) is 16.8 Å². The summed E-state index contributed by atoms with van der Waals surface area (Å²) in [5, 5.41) is -0.101. The highest BCUT2D eigenvalue weighted by Crippen LogP contribution is 2.25. The molecule has 0 aliphatic heterocycles. The van der Waals surface area contributed by atoms with E-state index in [1.807, 2.05) is 0 Å². The maximum absolute atomic E-state index is 13.2. The van der Waals surface area contributed by atoms with Crippen molar-refractivity contribution < 1.29 is 18.7 Å². The SMILES string of the molecule is C=CC(=O)OCCC(=O)c1cc(F)c(Cl)cc1Cl. The molecule has 3 nitrogen and oxygen atoms in total. The largest absolute Gasteiger partial charge is 0.462 e. The van der Waals surface area contributed by atoms with E-state index in [1.54, 1.807) is 0 Å². The van der Waals surface area contributed by atoms with Crippen LogP contribution in [-0.2, 0) is 9.53 Å². The van der Waals surface area contributed by atoms with Gasteiger partial charge < -0.3 is 4.74 Å². The number of carbonyl (C=O) groups is 2. The highest BCUT2D eigenvalue weighted by Gasteiger charge is 2.14. The first-order valence-electron chi connectivity index (χ1n) is 4.92. The summed E-state index contributed by atoms with van der Waals surface area (Å²) < 4.78 is 17.8. The van der Waals surface area contributed by atoms with Crippen molar-refractivity contribution in [3.8, 4) is 0 Å². The van der Waals surface area contributed by atoms with E-state index in [2.05, 4.69) is 11.3 Å². The monoisotopic (exact) mass is 290 g/mol. The molecule has 0 unspecified atom stereocenters. The number of ether oxygens (including phenoxy) is 1. The number of rotatable bonds is 5. The Hall–Kier alpha value is -1.39. The number of carbonyl (C=O) groups excluding carboxylic acids is 2. The summed E-state index contributed by atoms with van der Waals surface area (Å²) in [6.07, 6.45) is 0.889. The van der Waals surface area contributed by atoms with Gasteiger partial charge in [0.1, 0.15) is 5.82 Å². The minimum absolute atomic E-state index is 0.00761. The lowest BCUT2D eigenvalue weighted by molar-refractivity contribution is -0.137. The summed E-state index contributed by atoms with van der Waals surface area (Å²) in [6, 6.07) is 2.11. The average Bonchev–Trinajstić information content (AvgIpc) is 2.33. The van der Waals surface area contributed by atoms with Crippen LogP contribution < -0.4 is 0 Å². The van der Waals surface area contributed by atoms with Crippen LogP contribution in [0.4, 0.5) is 4.39 Å². The fourth-order valence-corrected chi connectivity index (χ4v) is 1.66. The molecule has 1 aromatic rings. The number of benzene rings is 1. The third-order valence-electron chi connectivity index (χ3n) is 2.05. The molecule has 0 spiro atoms. The molecule has 0 aliphatic rings. The molecule has 0 bridgehead atoms. The highest BCUT2D eigenvalue weighted by molar-refractivity contribution is 6.36. The predicted molar refractivity (Wildman–Crippen MR) is 66.5 cm³/mol. The van der Waals surface area contributed by atoms with E-state index >= 15 is 0 Å². The lowest BCUT2D eigenvalue weighted by Crippen LogP contribution is -2.08. The molecule has 0 fully saturated rings. The van der Waals surface area contributed by atoms with Crippen LogP contribution in [0.3, 0.4) is 0 Å². The molecule has 0 amide bonds. The Bertz CT molecular complexity index is 500. The van der Waals surface area contributed by atoms with Crippen LogP contribution in [0.5, 0.6) is 0 Å². The van der Waals surface area contributed by atoms with Crippen molar-refractivity contribution in [1.29, 1.82) is 0 Å². The zero-order valence-electron chi connectivity index (χ0n) is 9.21. The van der Waals surface area contributed by atoms with Gasteiger partial charge in [-0.15, -0.1) is 0 Å². The lowest BCUT2D eigenvalue weighted by atomic mass is 10.1. The smallest absolute Gasteiger partial charge is 0.330 e. The Morgan fingerprint density at radius 2 is 2.00 bits per heavy atom. The van der Waals surface area contributed by atoms with Crippen molar-refractivity contribution in [1.82, 2.24) is 0 Å². The van der Waals surface area contributed by atoms with Crippen molar-refractivity contribution >= 4 is 35.0 Å². The Kier molecular flexibility index (Phi) is 5.31. The number of halogens is 3.